The molecule has 0 aliphatic rings. The van der Waals surface area contributed by atoms with Gasteiger partial charge < -0.3 is 15.4 Å². The zero-order valence-electron chi connectivity index (χ0n) is 9.53. The zero-order chi connectivity index (χ0) is 12.3. The molecular weight excluding hydrogens is 211 g/mol. The van der Waals surface area contributed by atoms with Gasteiger partial charge in [0.15, 0.2) is 11.6 Å². The van der Waals surface area contributed by atoms with E-state index in [1.165, 1.54) is 24.1 Å². The van der Waals surface area contributed by atoms with Crippen molar-refractivity contribution in [1.29, 1.82) is 0 Å². The Balaban J connectivity index is 2.97. The first-order valence-electron chi connectivity index (χ1n) is 4.84. The van der Waals surface area contributed by atoms with E-state index in [1.54, 1.807) is 20.0 Å². The summed E-state index contributed by atoms with van der Waals surface area (Å²) in [5.41, 5.74) is 5.90. The van der Waals surface area contributed by atoms with Gasteiger partial charge >= 0.3 is 0 Å². The number of hydrogen-bond acceptors (Lipinski definition) is 3. The fourth-order valence-electron chi connectivity index (χ4n) is 1.30. The number of benzene rings is 1. The summed E-state index contributed by atoms with van der Waals surface area (Å²) in [6, 6.07) is 3.69. The van der Waals surface area contributed by atoms with Gasteiger partial charge in [0.1, 0.15) is 0 Å². The van der Waals surface area contributed by atoms with Crippen molar-refractivity contribution >= 4 is 11.6 Å². The molecule has 1 rings (SSSR count). The number of likely N-dealkylation sites (N-methyl/N-ethyl adjacent to an activating group) is 1. The maximum absolute atomic E-state index is 13.4. The molecule has 0 bridgehead atoms. The summed E-state index contributed by atoms with van der Waals surface area (Å²) in [6.45, 7) is 1.58. The van der Waals surface area contributed by atoms with Crippen LogP contribution in [0.2, 0.25) is 0 Å². The van der Waals surface area contributed by atoms with Crippen LogP contribution in [0.25, 0.3) is 0 Å². The van der Waals surface area contributed by atoms with Crippen LogP contribution in [-0.2, 0) is 4.79 Å². The largest absolute Gasteiger partial charge is 0.494 e. The van der Waals surface area contributed by atoms with Gasteiger partial charge in [0.25, 0.3) is 0 Å². The highest BCUT2D eigenvalue weighted by Crippen LogP contribution is 2.22. The van der Waals surface area contributed by atoms with E-state index in [1.807, 2.05) is 0 Å². The third kappa shape index (κ3) is 2.49. The molecule has 4 nitrogen and oxygen atoms in total. The average molecular weight is 226 g/mol. The molecule has 0 fully saturated rings. The van der Waals surface area contributed by atoms with Crippen LogP contribution in [0.5, 0.6) is 5.75 Å². The molecule has 0 spiro atoms. The molecule has 0 aliphatic heterocycles. The van der Waals surface area contributed by atoms with Gasteiger partial charge in [0.05, 0.1) is 13.2 Å². The van der Waals surface area contributed by atoms with E-state index in [0.29, 0.717) is 5.69 Å². The topological polar surface area (TPSA) is 55.6 Å². The van der Waals surface area contributed by atoms with Crippen molar-refractivity contribution in [2.45, 2.75) is 13.0 Å². The minimum atomic E-state index is -0.616. The molecule has 1 amide bonds. The fourth-order valence-corrected chi connectivity index (χ4v) is 1.30. The van der Waals surface area contributed by atoms with E-state index in [-0.39, 0.29) is 11.7 Å². The molecule has 0 radical (unpaired) electrons. The van der Waals surface area contributed by atoms with Crippen molar-refractivity contribution < 1.29 is 13.9 Å². The molecule has 0 heterocycles. The van der Waals surface area contributed by atoms with Gasteiger partial charge in [-0.25, -0.2) is 4.39 Å². The van der Waals surface area contributed by atoms with E-state index in [4.69, 9.17) is 10.5 Å². The Morgan fingerprint density at radius 3 is 2.62 bits per heavy atom. The quantitative estimate of drug-likeness (QED) is 0.841. The Morgan fingerprint density at radius 2 is 2.19 bits per heavy atom. The first-order chi connectivity index (χ1) is 7.47. The lowest BCUT2D eigenvalue weighted by Gasteiger charge is -2.19. The Kier molecular flexibility index (Phi) is 3.84. The minimum Gasteiger partial charge on any atom is -0.494 e. The number of anilines is 1. The molecule has 0 saturated heterocycles. The SMILES string of the molecule is COc1ccc(N(C)C(=O)[C@H](C)N)cc1F. The Labute approximate surface area is 93.8 Å². The zero-order valence-corrected chi connectivity index (χ0v) is 9.53. The summed E-state index contributed by atoms with van der Waals surface area (Å²) in [7, 11) is 2.93. The van der Waals surface area contributed by atoms with Gasteiger partial charge in [-0.05, 0) is 19.1 Å². The van der Waals surface area contributed by atoms with Crippen molar-refractivity contribution in [3.8, 4) is 5.75 Å². The summed E-state index contributed by atoms with van der Waals surface area (Å²) in [6.07, 6.45) is 0. The van der Waals surface area contributed by atoms with E-state index >= 15 is 0 Å². The first kappa shape index (κ1) is 12.4. The maximum Gasteiger partial charge on any atom is 0.243 e. The van der Waals surface area contributed by atoms with E-state index in [2.05, 4.69) is 0 Å². The van der Waals surface area contributed by atoms with Crippen LogP contribution >= 0.6 is 0 Å². The third-order valence-corrected chi connectivity index (χ3v) is 2.24. The molecule has 0 aliphatic carbocycles. The molecule has 0 unspecified atom stereocenters. The maximum atomic E-state index is 13.4. The number of amides is 1. The van der Waals surface area contributed by atoms with Crippen LogP contribution in [-0.4, -0.2) is 26.1 Å². The monoisotopic (exact) mass is 226 g/mol. The van der Waals surface area contributed by atoms with E-state index in [0.717, 1.165) is 0 Å². The summed E-state index contributed by atoms with van der Waals surface area (Å²) in [5, 5.41) is 0. The smallest absolute Gasteiger partial charge is 0.243 e. The predicted molar refractivity (Wildman–Crippen MR) is 60.0 cm³/mol. The Hall–Kier alpha value is -1.62. The lowest BCUT2D eigenvalue weighted by Crippen LogP contribution is -2.39. The van der Waals surface area contributed by atoms with Crippen molar-refractivity contribution in [1.82, 2.24) is 0 Å². The molecule has 0 aromatic heterocycles. The number of methoxy groups -OCH3 is 1. The number of ether oxygens (including phenoxy) is 1. The summed E-state index contributed by atoms with van der Waals surface area (Å²) in [5.74, 6) is -0.640. The average Bonchev–Trinajstić information content (AvgIpc) is 2.26. The van der Waals surface area contributed by atoms with Crippen molar-refractivity contribution in [3.05, 3.63) is 24.0 Å². The molecule has 2 N–H and O–H groups in total. The van der Waals surface area contributed by atoms with Gasteiger partial charge in [0, 0.05) is 18.8 Å². The van der Waals surface area contributed by atoms with Crippen LogP contribution in [0, 0.1) is 5.82 Å². The highest BCUT2D eigenvalue weighted by atomic mass is 19.1. The number of nitrogens with zero attached hydrogens (tertiary/aromatic N) is 1. The summed E-state index contributed by atoms with van der Waals surface area (Å²) in [4.78, 5) is 12.9. The predicted octanol–water partition coefficient (Wildman–Crippen LogP) is 1.14. The highest BCUT2D eigenvalue weighted by molar-refractivity contribution is 5.96. The van der Waals surface area contributed by atoms with Crippen molar-refractivity contribution in [2.24, 2.45) is 5.73 Å². The standard InChI is InChI=1S/C11H15FN2O2/c1-7(13)11(15)14(2)8-4-5-10(16-3)9(12)6-8/h4-7H,13H2,1-3H3/t7-/m0/s1. The van der Waals surface area contributed by atoms with E-state index < -0.39 is 11.9 Å². The second-order valence-corrected chi connectivity index (χ2v) is 3.50. The van der Waals surface area contributed by atoms with Crippen molar-refractivity contribution in [2.75, 3.05) is 19.1 Å². The minimum absolute atomic E-state index is 0.144. The fraction of sp³-hybridized carbons (Fsp3) is 0.364. The second-order valence-electron chi connectivity index (χ2n) is 3.50. The third-order valence-electron chi connectivity index (χ3n) is 2.24. The first-order valence-corrected chi connectivity index (χ1v) is 4.84. The molecule has 1 aromatic carbocycles. The van der Waals surface area contributed by atoms with E-state index in [9.17, 15) is 9.18 Å². The van der Waals surface area contributed by atoms with Crippen LogP contribution in [0.1, 0.15) is 6.92 Å². The van der Waals surface area contributed by atoms with Gasteiger partial charge in [0.2, 0.25) is 5.91 Å². The van der Waals surface area contributed by atoms with Crippen molar-refractivity contribution in [3.63, 3.8) is 0 Å². The highest BCUT2D eigenvalue weighted by Gasteiger charge is 2.16. The molecule has 0 saturated carbocycles. The number of nitrogens with two attached hydrogens (primary N) is 1. The number of halogens is 1. The molecular formula is C11H15FN2O2. The van der Waals surface area contributed by atoms with Crippen LogP contribution in [0.4, 0.5) is 10.1 Å². The van der Waals surface area contributed by atoms with Crippen LogP contribution in [0.15, 0.2) is 18.2 Å². The normalized spacial score (nSPS) is 12.1. The van der Waals surface area contributed by atoms with Gasteiger partial charge in [-0.1, -0.05) is 0 Å². The number of carbonyl (C=O) groups is 1. The lowest BCUT2D eigenvalue weighted by atomic mass is 10.2. The number of carbonyl (C=O) groups excluding carboxylic acids is 1. The van der Waals surface area contributed by atoms with Gasteiger partial charge in [-0.15, -0.1) is 0 Å². The Bertz CT molecular complexity index is 394. The number of hydrogen-bond donors (Lipinski definition) is 1. The molecule has 5 heteroatoms. The molecule has 1 atom stereocenters. The number of rotatable bonds is 3. The summed E-state index contributed by atoms with van der Waals surface area (Å²) < 4.78 is 18.2. The van der Waals surface area contributed by atoms with Gasteiger partial charge in [-0.2, -0.15) is 0 Å². The molecule has 88 valence electrons. The lowest BCUT2D eigenvalue weighted by molar-refractivity contribution is -0.119. The molecule has 16 heavy (non-hydrogen) atoms. The molecule has 1 aromatic rings. The Morgan fingerprint density at radius 1 is 1.56 bits per heavy atom. The van der Waals surface area contributed by atoms with Crippen LogP contribution < -0.4 is 15.4 Å². The second kappa shape index (κ2) is 4.94. The summed E-state index contributed by atoms with van der Waals surface area (Å²) >= 11 is 0. The van der Waals surface area contributed by atoms with Gasteiger partial charge in [-0.3, -0.25) is 4.79 Å². The van der Waals surface area contributed by atoms with Crippen LogP contribution in [0.3, 0.4) is 0 Å².